The summed E-state index contributed by atoms with van der Waals surface area (Å²) in [5.41, 5.74) is 3.65. The summed E-state index contributed by atoms with van der Waals surface area (Å²) in [5, 5.41) is 2.91. The Balaban J connectivity index is 1.66. The number of hydrogen-bond donors (Lipinski definition) is 1. The van der Waals surface area contributed by atoms with E-state index < -0.39 is 0 Å². The van der Waals surface area contributed by atoms with Crippen molar-refractivity contribution < 1.29 is 4.79 Å². The highest BCUT2D eigenvalue weighted by Gasteiger charge is 2.25. The van der Waals surface area contributed by atoms with Gasteiger partial charge in [-0.25, -0.2) is 9.97 Å². The lowest BCUT2D eigenvalue weighted by Crippen LogP contribution is -2.24. The molecule has 1 N–H and O–H groups in total. The maximum Gasteiger partial charge on any atom is 0.251 e. The molecule has 0 radical (unpaired) electrons. The van der Waals surface area contributed by atoms with Crippen molar-refractivity contribution in [3.05, 3.63) is 59.2 Å². The van der Waals surface area contributed by atoms with Gasteiger partial charge < -0.3 is 5.32 Å². The van der Waals surface area contributed by atoms with Crippen molar-refractivity contribution in [2.75, 3.05) is 0 Å². The van der Waals surface area contributed by atoms with Crippen LogP contribution in [-0.4, -0.2) is 15.9 Å². The molecule has 0 saturated heterocycles. The van der Waals surface area contributed by atoms with Gasteiger partial charge in [0.25, 0.3) is 5.91 Å². The summed E-state index contributed by atoms with van der Waals surface area (Å²) in [5.74, 6) is 0.540. The first-order valence-electron chi connectivity index (χ1n) is 6.88. The van der Waals surface area contributed by atoms with Crippen LogP contribution in [0.15, 0.2) is 36.7 Å². The first-order chi connectivity index (χ1) is 9.74. The second kappa shape index (κ2) is 5.41. The largest absolute Gasteiger partial charge is 0.346 e. The standard InChI is InChI=1S/C16H17N3O/c1-11-4-2-3-5-14(11)16(20)17-9-13-8-15(12-6-7-12)19-10-18-13/h2-5,8,10,12H,6-7,9H2,1H3,(H,17,20). The molecule has 0 atom stereocenters. The Labute approximate surface area is 118 Å². The molecule has 4 heteroatoms. The Morgan fingerprint density at radius 1 is 1.30 bits per heavy atom. The Hall–Kier alpha value is -2.23. The topological polar surface area (TPSA) is 54.9 Å². The van der Waals surface area contributed by atoms with Gasteiger partial charge in [-0.1, -0.05) is 18.2 Å². The van der Waals surface area contributed by atoms with E-state index in [0.29, 0.717) is 18.0 Å². The molecule has 1 aliphatic rings. The molecule has 4 nitrogen and oxygen atoms in total. The molecule has 102 valence electrons. The summed E-state index contributed by atoms with van der Waals surface area (Å²) >= 11 is 0. The van der Waals surface area contributed by atoms with Crippen LogP contribution in [0.25, 0.3) is 0 Å². The normalized spacial score (nSPS) is 14.1. The third-order valence-electron chi connectivity index (χ3n) is 3.56. The van der Waals surface area contributed by atoms with E-state index in [1.165, 1.54) is 12.8 Å². The zero-order valence-electron chi connectivity index (χ0n) is 11.5. The molecule has 0 spiro atoms. The number of nitrogens with zero attached hydrogens (tertiary/aromatic N) is 2. The second-order valence-corrected chi connectivity index (χ2v) is 5.21. The van der Waals surface area contributed by atoms with E-state index in [2.05, 4.69) is 15.3 Å². The average Bonchev–Trinajstić information content (AvgIpc) is 3.30. The van der Waals surface area contributed by atoms with Gasteiger partial charge in [-0.05, 0) is 37.5 Å². The van der Waals surface area contributed by atoms with Crippen LogP contribution in [0.4, 0.5) is 0 Å². The summed E-state index contributed by atoms with van der Waals surface area (Å²) in [7, 11) is 0. The molecular weight excluding hydrogens is 250 g/mol. The van der Waals surface area contributed by atoms with E-state index in [9.17, 15) is 4.79 Å². The number of nitrogens with one attached hydrogen (secondary N) is 1. The van der Waals surface area contributed by atoms with Crippen molar-refractivity contribution in [2.24, 2.45) is 0 Å². The lowest BCUT2D eigenvalue weighted by molar-refractivity contribution is 0.0950. The van der Waals surface area contributed by atoms with Gasteiger partial charge in [0, 0.05) is 17.2 Å². The minimum atomic E-state index is -0.0605. The van der Waals surface area contributed by atoms with Crippen LogP contribution in [0.2, 0.25) is 0 Å². The smallest absolute Gasteiger partial charge is 0.251 e. The van der Waals surface area contributed by atoms with Crippen molar-refractivity contribution in [1.82, 2.24) is 15.3 Å². The van der Waals surface area contributed by atoms with E-state index in [0.717, 1.165) is 17.0 Å². The zero-order valence-corrected chi connectivity index (χ0v) is 11.5. The van der Waals surface area contributed by atoms with Gasteiger partial charge in [0.1, 0.15) is 6.33 Å². The minimum absolute atomic E-state index is 0.0605. The van der Waals surface area contributed by atoms with Gasteiger partial charge in [0.15, 0.2) is 0 Å². The predicted molar refractivity (Wildman–Crippen MR) is 76.4 cm³/mol. The zero-order chi connectivity index (χ0) is 13.9. The van der Waals surface area contributed by atoms with E-state index in [4.69, 9.17) is 0 Å². The molecule has 1 aromatic heterocycles. The van der Waals surface area contributed by atoms with Crippen molar-refractivity contribution >= 4 is 5.91 Å². The summed E-state index contributed by atoms with van der Waals surface area (Å²) < 4.78 is 0. The lowest BCUT2D eigenvalue weighted by atomic mass is 10.1. The van der Waals surface area contributed by atoms with Crippen LogP contribution in [0.1, 0.15) is 46.1 Å². The molecule has 1 fully saturated rings. The van der Waals surface area contributed by atoms with Crippen LogP contribution in [0, 0.1) is 6.92 Å². The molecule has 0 bridgehead atoms. The van der Waals surface area contributed by atoms with E-state index >= 15 is 0 Å². The molecule has 1 saturated carbocycles. The Bertz CT molecular complexity index is 635. The van der Waals surface area contributed by atoms with Crippen LogP contribution in [0.5, 0.6) is 0 Å². The fourth-order valence-corrected chi connectivity index (χ4v) is 2.21. The second-order valence-electron chi connectivity index (χ2n) is 5.21. The fraction of sp³-hybridized carbons (Fsp3) is 0.312. The molecule has 3 rings (SSSR count). The molecule has 20 heavy (non-hydrogen) atoms. The first-order valence-corrected chi connectivity index (χ1v) is 6.88. The average molecular weight is 267 g/mol. The van der Waals surface area contributed by atoms with Crippen molar-refractivity contribution in [3.63, 3.8) is 0 Å². The van der Waals surface area contributed by atoms with Gasteiger partial charge in [-0.3, -0.25) is 4.79 Å². The highest BCUT2D eigenvalue weighted by molar-refractivity contribution is 5.95. The van der Waals surface area contributed by atoms with Crippen LogP contribution < -0.4 is 5.32 Å². The number of aromatic nitrogens is 2. The Morgan fingerprint density at radius 2 is 2.10 bits per heavy atom. The Kier molecular flexibility index (Phi) is 3.46. The minimum Gasteiger partial charge on any atom is -0.346 e. The molecule has 2 aromatic rings. The van der Waals surface area contributed by atoms with Gasteiger partial charge in [0.2, 0.25) is 0 Å². The molecule has 0 unspecified atom stereocenters. The van der Waals surface area contributed by atoms with E-state index in [-0.39, 0.29) is 5.91 Å². The summed E-state index contributed by atoms with van der Waals surface area (Å²) in [4.78, 5) is 20.6. The van der Waals surface area contributed by atoms with E-state index in [1.54, 1.807) is 6.33 Å². The third kappa shape index (κ3) is 2.85. The van der Waals surface area contributed by atoms with Crippen LogP contribution in [-0.2, 0) is 6.54 Å². The monoisotopic (exact) mass is 267 g/mol. The van der Waals surface area contributed by atoms with Crippen molar-refractivity contribution in [1.29, 1.82) is 0 Å². The van der Waals surface area contributed by atoms with E-state index in [1.807, 2.05) is 37.3 Å². The van der Waals surface area contributed by atoms with Crippen molar-refractivity contribution in [2.45, 2.75) is 32.2 Å². The number of carbonyl (C=O) groups is 1. The maximum absolute atomic E-state index is 12.1. The van der Waals surface area contributed by atoms with Gasteiger partial charge in [0.05, 0.1) is 12.2 Å². The first kappa shape index (κ1) is 12.8. The number of hydrogen-bond acceptors (Lipinski definition) is 3. The Morgan fingerprint density at radius 3 is 2.85 bits per heavy atom. The molecule has 1 aliphatic carbocycles. The highest BCUT2D eigenvalue weighted by Crippen LogP contribution is 2.38. The van der Waals surface area contributed by atoms with Crippen LogP contribution in [0.3, 0.4) is 0 Å². The number of benzene rings is 1. The summed E-state index contributed by atoms with van der Waals surface area (Å²) in [6.45, 7) is 2.38. The lowest BCUT2D eigenvalue weighted by Gasteiger charge is -2.07. The van der Waals surface area contributed by atoms with Gasteiger partial charge >= 0.3 is 0 Å². The quantitative estimate of drug-likeness (QED) is 0.926. The number of carbonyl (C=O) groups excluding carboxylic acids is 1. The molecular formula is C16H17N3O. The third-order valence-corrected chi connectivity index (χ3v) is 3.56. The molecule has 1 heterocycles. The van der Waals surface area contributed by atoms with Gasteiger partial charge in [-0.2, -0.15) is 0 Å². The molecule has 0 aliphatic heterocycles. The summed E-state index contributed by atoms with van der Waals surface area (Å²) in [6, 6.07) is 9.57. The fourth-order valence-electron chi connectivity index (χ4n) is 2.21. The highest BCUT2D eigenvalue weighted by atomic mass is 16.1. The predicted octanol–water partition coefficient (Wildman–Crippen LogP) is 2.59. The van der Waals surface area contributed by atoms with Crippen molar-refractivity contribution in [3.8, 4) is 0 Å². The number of amides is 1. The van der Waals surface area contributed by atoms with Gasteiger partial charge in [-0.15, -0.1) is 0 Å². The maximum atomic E-state index is 12.1. The number of rotatable bonds is 4. The van der Waals surface area contributed by atoms with Crippen LogP contribution >= 0.6 is 0 Å². The number of aryl methyl sites for hydroxylation is 1. The summed E-state index contributed by atoms with van der Waals surface area (Å²) in [6.07, 6.45) is 4.01. The SMILES string of the molecule is Cc1ccccc1C(=O)NCc1cc(C2CC2)ncn1. The molecule has 1 amide bonds. The molecule has 1 aromatic carbocycles.